The molecule has 112 valence electrons. The number of hydrogen-bond donors (Lipinski definition) is 2. The van der Waals surface area contributed by atoms with Gasteiger partial charge in [0, 0.05) is 6.20 Å². The van der Waals surface area contributed by atoms with Gasteiger partial charge in [0.2, 0.25) is 0 Å². The predicted molar refractivity (Wildman–Crippen MR) is 82.2 cm³/mol. The summed E-state index contributed by atoms with van der Waals surface area (Å²) in [7, 11) is 1.66. The summed E-state index contributed by atoms with van der Waals surface area (Å²) in [4.78, 5) is 4.20. The lowest BCUT2D eigenvalue weighted by atomic mass is 10.0. The van der Waals surface area contributed by atoms with Gasteiger partial charge in [-0.05, 0) is 42.7 Å². The van der Waals surface area contributed by atoms with Crippen LogP contribution in [0, 0.1) is 0 Å². The second-order valence-electron chi connectivity index (χ2n) is 4.66. The topological polar surface area (TPSA) is 69.4 Å². The molecule has 1 atom stereocenters. The summed E-state index contributed by atoms with van der Waals surface area (Å²) < 4.78 is 10.7. The number of pyridine rings is 1. The standard InChI is InChI=1S/C16H21N3O2/c1-3-21-15-9-13(10-18-11-15)16(19-17)8-12-5-4-6-14(7-12)20-2/h4-7,9-11,16,19H,3,8,17H2,1-2H3. The van der Waals surface area contributed by atoms with Crippen molar-refractivity contribution in [2.75, 3.05) is 13.7 Å². The Kier molecular flexibility index (Phi) is 5.54. The van der Waals surface area contributed by atoms with Crippen molar-refractivity contribution in [1.29, 1.82) is 0 Å². The zero-order valence-corrected chi connectivity index (χ0v) is 12.4. The molecule has 0 aliphatic rings. The minimum Gasteiger partial charge on any atom is -0.497 e. The third-order valence-corrected chi connectivity index (χ3v) is 3.22. The Bertz CT molecular complexity index is 575. The molecule has 0 spiro atoms. The van der Waals surface area contributed by atoms with Crippen molar-refractivity contribution in [1.82, 2.24) is 10.4 Å². The Morgan fingerprint density at radius 1 is 1.24 bits per heavy atom. The monoisotopic (exact) mass is 287 g/mol. The Balaban J connectivity index is 2.17. The van der Waals surface area contributed by atoms with Crippen LogP contribution in [0.15, 0.2) is 42.7 Å². The van der Waals surface area contributed by atoms with Gasteiger partial charge in [-0.2, -0.15) is 0 Å². The number of hydrogen-bond acceptors (Lipinski definition) is 5. The second kappa shape index (κ2) is 7.61. The van der Waals surface area contributed by atoms with Crippen LogP contribution in [0.4, 0.5) is 0 Å². The fraction of sp³-hybridized carbons (Fsp3) is 0.312. The molecule has 0 aliphatic heterocycles. The number of aromatic nitrogens is 1. The van der Waals surface area contributed by atoms with Crippen molar-refractivity contribution in [3.05, 3.63) is 53.9 Å². The number of methoxy groups -OCH3 is 1. The second-order valence-corrected chi connectivity index (χ2v) is 4.66. The molecule has 3 N–H and O–H groups in total. The fourth-order valence-corrected chi connectivity index (χ4v) is 2.18. The largest absolute Gasteiger partial charge is 0.497 e. The van der Waals surface area contributed by atoms with Crippen LogP contribution >= 0.6 is 0 Å². The molecule has 1 aromatic carbocycles. The lowest BCUT2D eigenvalue weighted by Gasteiger charge is -2.17. The zero-order chi connectivity index (χ0) is 15.1. The highest BCUT2D eigenvalue weighted by Gasteiger charge is 2.12. The van der Waals surface area contributed by atoms with Gasteiger partial charge in [0.25, 0.3) is 0 Å². The van der Waals surface area contributed by atoms with E-state index in [2.05, 4.69) is 10.4 Å². The molecule has 2 rings (SSSR count). The molecular formula is C16H21N3O2. The summed E-state index contributed by atoms with van der Waals surface area (Å²) in [5, 5.41) is 0. The van der Waals surface area contributed by atoms with Gasteiger partial charge in [-0.25, -0.2) is 0 Å². The summed E-state index contributed by atoms with van der Waals surface area (Å²) in [6.07, 6.45) is 4.24. The Morgan fingerprint density at radius 3 is 2.81 bits per heavy atom. The molecule has 0 saturated carbocycles. The number of nitrogens with one attached hydrogen (secondary N) is 1. The quantitative estimate of drug-likeness (QED) is 0.604. The van der Waals surface area contributed by atoms with Crippen LogP contribution in [0.25, 0.3) is 0 Å². The van der Waals surface area contributed by atoms with E-state index in [1.165, 1.54) is 0 Å². The van der Waals surface area contributed by atoms with E-state index in [0.717, 1.165) is 29.0 Å². The molecular weight excluding hydrogens is 266 g/mol. The molecule has 1 aromatic heterocycles. The van der Waals surface area contributed by atoms with Gasteiger partial charge >= 0.3 is 0 Å². The van der Waals surface area contributed by atoms with E-state index >= 15 is 0 Å². The summed E-state index contributed by atoms with van der Waals surface area (Å²) >= 11 is 0. The highest BCUT2D eigenvalue weighted by atomic mass is 16.5. The molecule has 1 heterocycles. The van der Waals surface area contributed by atoms with E-state index < -0.39 is 0 Å². The van der Waals surface area contributed by atoms with Crippen LogP contribution in [0.5, 0.6) is 11.5 Å². The van der Waals surface area contributed by atoms with E-state index in [4.69, 9.17) is 15.3 Å². The van der Waals surface area contributed by atoms with Crippen molar-refractivity contribution < 1.29 is 9.47 Å². The first kappa shape index (κ1) is 15.3. The lowest BCUT2D eigenvalue weighted by Crippen LogP contribution is -2.29. The molecule has 0 saturated heterocycles. The maximum absolute atomic E-state index is 5.70. The van der Waals surface area contributed by atoms with Crippen molar-refractivity contribution in [2.45, 2.75) is 19.4 Å². The third kappa shape index (κ3) is 4.18. The first-order valence-corrected chi connectivity index (χ1v) is 6.93. The van der Waals surface area contributed by atoms with Crippen LogP contribution in [-0.2, 0) is 6.42 Å². The van der Waals surface area contributed by atoms with Gasteiger partial charge in [-0.3, -0.25) is 16.3 Å². The smallest absolute Gasteiger partial charge is 0.137 e. The third-order valence-electron chi connectivity index (χ3n) is 3.22. The summed E-state index contributed by atoms with van der Waals surface area (Å²) in [5.41, 5.74) is 4.97. The molecule has 0 fully saturated rings. The number of hydrazine groups is 1. The molecule has 0 amide bonds. The van der Waals surface area contributed by atoms with Gasteiger partial charge < -0.3 is 9.47 Å². The minimum absolute atomic E-state index is 0.0370. The highest BCUT2D eigenvalue weighted by Crippen LogP contribution is 2.22. The van der Waals surface area contributed by atoms with Gasteiger partial charge in [-0.1, -0.05) is 12.1 Å². The number of ether oxygens (including phenoxy) is 2. The first-order valence-electron chi connectivity index (χ1n) is 6.93. The van der Waals surface area contributed by atoms with Crippen LogP contribution in [0.1, 0.15) is 24.1 Å². The van der Waals surface area contributed by atoms with Crippen LogP contribution in [-0.4, -0.2) is 18.7 Å². The molecule has 5 nitrogen and oxygen atoms in total. The highest BCUT2D eigenvalue weighted by molar-refractivity contribution is 5.31. The Morgan fingerprint density at radius 2 is 2.10 bits per heavy atom. The zero-order valence-electron chi connectivity index (χ0n) is 12.4. The number of benzene rings is 1. The summed E-state index contributed by atoms with van der Waals surface area (Å²) in [6.45, 7) is 2.56. The van der Waals surface area contributed by atoms with Gasteiger partial charge in [0.1, 0.15) is 11.5 Å². The number of rotatable bonds is 7. The lowest BCUT2D eigenvalue weighted by molar-refractivity contribution is 0.338. The van der Waals surface area contributed by atoms with E-state index in [1.807, 2.05) is 37.3 Å². The van der Waals surface area contributed by atoms with E-state index in [-0.39, 0.29) is 6.04 Å². The van der Waals surface area contributed by atoms with Crippen molar-refractivity contribution in [2.24, 2.45) is 5.84 Å². The minimum atomic E-state index is -0.0370. The molecule has 0 bridgehead atoms. The molecule has 0 aliphatic carbocycles. The fourth-order valence-electron chi connectivity index (χ4n) is 2.18. The summed E-state index contributed by atoms with van der Waals surface area (Å²) in [6, 6.07) is 9.87. The average Bonchev–Trinajstić information content (AvgIpc) is 2.53. The van der Waals surface area contributed by atoms with Crippen LogP contribution in [0.3, 0.4) is 0 Å². The van der Waals surface area contributed by atoms with Gasteiger partial charge in [0.05, 0.1) is 26.0 Å². The first-order chi connectivity index (χ1) is 10.3. The Labute approximate surface area is 125 Å². The maximum Gasteiger partial charge on any atom is 0.137 e. The molecule has 1 unspecified atom stereocenters. The van der Waals surface area contributed by atoms with Crippen molar-refractivity contribution in [3.8, 4) is 11.5 Å². The molecule has 0 radical (unpaired) electrons. The van der Waals surface area contributed by atoms with E-state index in [1.54, 1.807) is 19.5 Å². The maximum atomic E-state index is 5.70. The van der Waals surface area contributed by atoms with Crippen molar-refractivity contribution in [3.63, 3.8) is 0 Å². The number of nitrogens with two attached hydrogens (primary N) is 1. The van der Waals surface area contributed by atoms with E-state index in [0.29, 0.717) is 6.61 Å². The molecule has 2 aromatic rings. The Hall–Kier alpha value is -2.11. The van der Waals surface area contributed by atoms with Crippen LogP contribution < -0.4 is 20.7 Å². The number of nitrogens with zero attached hydrogens (tertiary/aromatic N) is 1. The predicted octanol–water partition coefficient (Wildman–Crippen LogP) is 2.24. The van der Waals surface area contributed by atoms with Gasteiger partial charge in [0.15, 0.2) is 0 Å². The average molecular weight is 287 g/mol. The van der Waals surface area contributed by atoms with Crippen LogP contribution in [0.2, 0.25) is 0 Å². The van der Waals surface area contributed by atoms with Crippen molar-refractivity contribution >= 4 is 0 Å². The molecule has 21 heavy (non-hydrogen) atoms. The molecule has 5 heteroatoms. The summed E-state index contributed by atoms with van der Waals surface area (Å²) in [5.74, 6) is 7.29. The SMILES string of the molecule is CCOc1cncc(C(Cc2cccc(OC)c2)NN)c1. The normalized spacial score (nSPS) is 12.0. The van der Waals surface area contributed by atoms with E-state index in [9.17, 15) is 0 Å². The van der Waals surface area contributed by atoms with Gasteiger partial charge in [-0.15, -0.1) is 0 Å².